The maximum Gasteiger partial charge on any atom is 0.252 e. The number of carbonyl (C=O) groups is 1. The van der Waals surface area contributed by atoms with Crippen LogP contribution in [0.25, 0.3) is 10.2 Å². The Bertz CT molecular complexity index is 1380. The topological polar surface area (TPSA) is 71.7 Å². The number of hydrogen-bond acceptors (Lipinski definition) is 4. The third-order valence-electron chi connectivity index (χ3n) is 6.28. The van der Waals surface area contributed by atoms with Gasteiger partial charge in [0, 0.05) is 19.6 Å². The number of aromatic nitrogens is 1. The van der Waals surface area contributed by atoms with Crippen LogP contribution in [0.4, 0.5) is 0 Å². The number of thiazole rings is 1. The van der Waals surface area contributed by atoms with Gasteiger partial charge >= 0.3 is 0 Å². The Balaban J connectivity index is 1.63. The van der Waals surface area contributed by atoms with Gasteiger partial charge in [-0.2, -0.15) is 9.30 Å². The molecule has 180 valence electrons. The molecule has 0 saturated carbocycles. The van der Waals surface area contributed by atoms with Crippen molar-refractivity contribution < 1.29 is 13.2 Å². The average molecular weight is 498 g/mol. The van der Waals surface area contributed by atoms with E-state index in [0.29, 0.717) is 36.7 Å². The van der Waals surface area contributed by atoms with Gasteiger partial charge in [0.25, 0.3) is 5.91 Å². The quantitative estimate of drug-likeness (QED) is 0.457. The van der Waals surface area contributed by atoms with Gasteiger partial charge in [-0.1, -0.05) is 55.0 Å². The Kier molecular flexibility index (Phi) is 7.21. The van der Waals surface area contributed by atoms with Gasteiger partial charge in [0.2, 0.25) is 10.0 Å². The molecule has 3 aromatic rings. The number of sulfonamides is 1. The SMILES string of the molecule is C=CCn1c(=NC(=O)C2CCCN(S(=O)(=O)c3ccc(C)cc3)C2)sc2cc(C(C)C)ccc21. The fourth-order valence-corrected chi connectivity index (χ4v) is 6.86. The zero-order valence-corrected chi connectivity index (χ0v) is 21.5. The Labute approximate surface area is 205 Å². The fraction of sp³-hybridized carbons (Fsp3) is 0.385. The number of benzene rings is 2. The van der Waals surface area contributed by atoms with Gasteiger partial charge in [0.15, 0.2) is 4.80 Å². The van der Waals surface area contributed by atoms with Gasteiger partial charge in [-0.15, -0.1) is 6.58 Å². The minimum atomic E-state index is -3.64. The Morgan fingerprint density at radius 2 is 1.97 bits per heavy atom. The summed E-state index contributed by atoms with van der Waals surface area (Å²) in [6.07, 6.45) is 3.06. The second-order valence-corrected chi connectivity index (χ2v) is 12.1. The molecular formula is C26H31N3O3S2. The van der Waals surface area contributed by atoms with Crippen LogP contribution in [0, 0.1) is 12.8 Å². The lowest BCUT2D eigenvalue weighted by Gasteiger charge is -2.30. The molecule has 1 atom stereocenters. The number of hydrogen-bond donors (Lipinski definition) is 0. The van der Waals surface area contributed by atoms with E-state index in [1.165, 1.54) is 21.2 Å². The second kappa shape index (κ2) is 9.98. The van der Waals surface area contributed by atoms with Crippen molar-refractivity contribution in [3.63, 3.8) is 0 Å². The van der Waals surface area contributed by atoms with Crippen molar-refractivity contribution in [3.8, 4) is 0 Å². The molecule has 1 amide bonds. The molecule has 6 nitrogen and oxygen atoms in total. The smallest absolute Gasteiger partial charge is 0.252 e. The van der Waals surface area contributed by atoms with E-state index in [9.17, 15) is 13.2 Å². The van der Waals surface area contributed by atoms with E-state index in [1.807, 2.05) is 11.5 Å². The van der Waals surface area contributed by atoms with Gasteiger partial charge in [-0.05, 0) is 55.5 Å². The summed E-state index contributed by atoms with van der Waals surface area (Å²) in [5.74, 6) is -0.315. The molecule has 0 spiro atoms. The summed E-state index contributed by atoms with van der Waals surface area (Å²) in [7, 11) is -3.64. The molecule has 1 aromatic heterocycles. The van der Waals surface area contributed by atoms with Crippen LogP contribution >= 0.6 is 11.3 Å². The molecule has 0 radical (unpaired) electrons. The molecule has 2 aromatic carbocycles. The lowest BCUT2D eigenvalue weighted by atomic mass is 9.99. The summed E-state index contributed by atoms with van der Waals surface area (Å²) < 4.78 is 30.8. The number of piperidine rings is 1. The highest BCUT2D eigenvalue weighted by atomic mass is 32.2. The fourth-order valence-electron chi connectivity index (χ4n) is 4.25. The third kappa shape index (κ3) is 4.94. The average Bonchev–Trinajstić information content (AvgIpc) is 3.15. The minimum Gasteiger partial charge on any atom is -0.313 e. The minimum absolute atomic E-state index is 0.155. The number of fused-ring (bicyclic) bond motifs is 1. The van der Waals surface area contributed by atoms with Crippen LogP contribution in [0.3, 0.4) is 0 Å². The van der Waals surface area contributed by atoms with Gasteiger partial charge < -0.3 is 4.57 Å². The van der Waals surface area contributed by atoms with E-state index in [-0.39, 0.29) is 17.3 Å². The van der Waals surface area contributed by atoms with E-state index in [0.717, 1.165) is 15.8 Å². The van der Waals surface area contributed by atoms with Crippen molar-refractivity contribution in [2.45, 2.75) is 51.0 Å². The summed E-state index contributed by atoms with van der Waals surface area (Å²) in [5.41, 5.74) is 3.26. The molecule has 1 unspecified atom stereocenters. The molecule has 0 aliphatic carbocycles. The molecule has 8 heteroatoms. The molecule has 1 aliphatic heterocycles. The molecule has 4 rings (SSSR count). The first kappa shape index (κ1) is 24.6. The van der Waals surface area contributed by atoms with Crippen molar-refractivity contribution in [1.29, 1.82) is 0 Å². The molecular weight excluding hydrogens is 466 g/mol. The van der Waals surface area contributed by atoms with E-state index in [4.69, 9.17) is 0 Å². The van der Waals surface area contributed by atoms with Crippen LogP contribution in [0.2, 0.25) is 0 Å². The first-order valence-corrected chi connectivity index (χ1v) is 13.9. The number of amides is 1. The van der Waals surface area contributed by atoms with E-state index in [2.05, 4.69) is 43.6 Å². The molecule has 0 bridgehead atoms. The van der Waals surface area contributed by atoms with Gasteiger partial charge in [-0.25, -0.2) is 8.42 Å². The van der Waals surface area contributed by atoms with E-state index >= 15 is 0 Å². The highest BCUT2D eigenvalue weighted by Crippen LogP contribution is 2.26. The first-order chi connectivity index (χ1) is 16.2. The number of aryl methyl sites for hydroxylation is 1. The molecule has 1 aliphatic rings. The predicted molar refractivity (Wildman–Crippen MR) is 137 cm³/mol. The van der Waals surface area contributed by atoms with Crippen molar-refractivity contribution in [1.82, 2.24) is 8.87 Å². The monoisotopic (exact) mass is 497 g/mol. The van der Waals surface area contributed by atoms with Crippen molar-refractivity contribution >= 4 is 37.5 Å². The van der Waals surface area contributed by atoms with Crippen LogP contribution in [0.1, 0.15) is 43.7 Å². The number of carbonyl (C=O) groups excluding carboxylic acids is 1. The Morgan fingerprint density at radius 3 is 2.65 bits per heavy atom. The van der Waals surface area contributed by atoms with Crippen LogP contribution in [-0.4, -0.2) is 36.3 Å². The van der Waals surface area contributed by atoms with Crippen molar-refractivity contribution in [3.05, 3.63) is 71.0 Å². The summed E-state index contributed by atoms with van der Waals surface area (Å²) in [6.45, 7) is 11.2. The van der Waals surface area contributed by atoms with Gasteiger partial charge in [0.1, 0.15) is 0 Å². The van der Waals surface area contributed by atoms with E-state index in [1.54, 1.807) is 30.3 Å². The zero-order valence-electron chi connectivity index (χ0n) is 19.9. The summed E-state index contributed by atoms with van der Waals surface area (Å²) in [6, 6.07) is 13.2. The van der Waals surface area contributed by atoms with Crippen LogP contribution in [-0.2, 0) is 21.4 Å². The largest absolute Gasteiger partial charge is 0.313 e. The molecule has 34 heavy (non-hydrogen) atoms. The molecule has 0 N–H and O–H groups in total. The van der Waals surface area contributed by atoms with Crippen LogP contribution in [0.15, 0.2) is 65.0 Å². The van der Waals surface area contributed by atoms with Crippen LogP contribution in [0.5, 0.6) is 0 Å². The first-order valence-electron chi connectivity index (χ1n) is 11.6. The lowest BCUT2D eigenvalue weighted by molar-refractivity contribution is -0.122. The van der Waals surface area contributed by atoms with E-state index < -0.39 is 15.9 Å². The maximum atomic E-state index is 13.2. The summed E-state index contributed by atoms with van der Waals surface area (Å²) >= 11 is 1.49. The van der Waals surface area contributed by atoms with Crippen molar-refractivity contribution in [2.24, 2.45) is 10.9 Å². The molecule has 1 fully saturated rings. The van der Waals surface area contributed by atoms with Gasteiger partial charge in [0.05, 0.1) is 21.0 Å². The highest BCUT2D eigenvalue weighted by molar-refractivity contribution is 7.89. The second-order valence-electron chi connectivity index (χ2n) is 9.13. The summed E-state index contributed by atoms with van der Waals surface area (Å²) in [5, 5.41) is 0. The number of nitrogens with zero attached hydrogens (tertiary/aromatic N) is 3. The van der Waals surface area contributed by atoms with Crippen molar-refractivity contribution in [2.75, 3.05) is 13.1 Å². The normalized spacial score (nSPS) is 18.0. The molecule has 1 saturated heterocycles. The number of allylic oxidation sites excluding steroid dienone is 1. The van der Waals surface area contributed by atoms with Crippen LogP contribution < -0.4 is 4.80 Å². The van der Waals surface area contributed by atoms with Gasteiger partial charge in [-0.3, -0.25) is 4.79 Å². The Morgan fingerprint density at radius 1 is 1.24 bits per heavy atom. The Hall–Kier alpha value is -2.55. The highest BCUT2D eigenvalue weighted by Gasteiger charge is 2.33. The maximum absolute atomic E-state index is 13.2. The third-order valence-corrected chi connectivity index (χ3v) is 9.20. The number of rotatable bonds is 6. The lowest BCUT2D eigenvalue weighted by Crippen LogP contribution is -2.42. The summed E-state index contributed by atoms with van der Waals surface area (Å²) in [4.78, 5) is 18.6. The zero-order chi connectivity index (χ0) is 24.5. The predicted octanol–water partition coefficient (Wildman–Crippen LogP) is 4.85. The molecule has 2 heterocycles. The standard InChI is InChI=1S/C26H31N3O3S2/c1-5-14-29-23-13-10-20(18(2)3)16-24(23)33-26(29)27-25(30)21-7-6-15-28(17-21)34(31,32)22-11-8-19(4)9-12-22/h5,8-13,16,18,21H,1,6-7,14-15,17H2,2-4H3.